The Labute approximate surface area is 200 Å². The summed E-state index contributed by atoms with van der Waals surface area (Å²) in [6, 6.07) is 16.1. The molecule has 0 unspecified atom stereocenters. The predicted molar refractivity (Wildman–Crippen MR) is 125 cm³/mol. The van der Waals surface area contributed by atoms with Gasteiger partial charge in [-0.25, -0.2) is 5.01 Å². The number of hydrazine groups is 1. The van der Waals surface area contributed by atoms with Crippen LogP contribution in [0.15, 0.2) is 66.7 Å². The van der Waals surface area contributed by atoms with E-state index in [2.05, 4.69) is 0 Å². The molecule has 8 heteroatoms. The first-order chi connectivity index (χ1) is 15.7. The fourth-order valence-electron chi connectivity index (χ4n) is 3.67. The molecule has 3 aromatic carbocycles. The van der Waals surface area contributed by atoms with Gasteiger partial charge in [0.2, 0.25) is 0 Å². The van der Waals surface area contributed by atoms with Crippen molar-refractivity contribution in [2.45, 2.75) is 19.9 Å². The second kappa shape index (κ2) is 8.81. The third-order valence-electron chi connectivity index (χ3n) is 5.44. The lowest BCUT2D eigenvalue weighted by atomic mass is 10.0. The highest BCUT2D eigenvalue weighted by molar-refractivity contribution is 6.37. The van der Waals surface area contributed by atoms with Gasteiger partial charge in [-0.3, -0.25) is 19.2 Å². The minimum atomic E-state index is -1.19. The van der Waals surface area contributed by atoms with Crippen LogP contribution < -0.4 is 0 Å². The summed E-state index contributed by atoms with van der Waals surface area (Å²) >= 11 is 12.2. The van der Waals surface area contributed by atoms with E-state index in [0.717, 1.165) is 10.6 Å². The third-order valence-corrected chi connectivity index (χ3v) is 5.99. The monoisotopic (exact) mass is 480 g/mol. The molecule has 0 saturated carbocycles. The molecule has 6 nitrogen and oxygen atoms in total. The summed E-state index contributed by atoms with van der Waals surface area (Å²) in [5.74, 6) is -2.61. The number of imide groups is 1. The van der Waals surface area contributed by atoms with Crippen LogP contribution in [0.2, 0.25) is 10.0 Å². The molecule has 4 rings (SSSR count). The van der Waals surface area contributed by atoms with E-state index in [1.807, 2.05) is 6.92 Å². The van der Waals surface area contributed by atoms with Crippen LogP contribution in [0, 0.1) is 6.92 Å². The molecule has 1 aliphatic rings. The first kappa shape index (κ1) is 22.7. The van der Waals surface area contributed by atoms with Crippen molar-refractivity contribution in [1.82, 2.24) is 10.0 Å². The molecule has 3 amide bonds. The highest BCUT2D eigenvalue weighted by Crippen LogP contribution is 2.30. The zero-order valence-electron chi connectivity index (χ0n) is 17.7. The number of hydrogen-bond acceptors (Lipinski definition) is 4. The van der Waals surface area contributed by atoms with Crippen LogP contribution in [0.1, 0.15) is 53.9 Å². The van der Waals surface area contributed by atoms with Crippen LogP contribution in [0.4, 0.5) is 0 Å². The fraction of sp³-hybridized carbons (Fsp3) is 0.120. The average Bonchev–Trinajstić information content (AvgIpc) is 3.04. The number of halogens is 2. The first-order valence-corrected chi connectivity index (χ1v) is 10.8. The number of ketones is 1. The zero-order chi connectivity index (χ0) is 23.9. The number of carbonyl (C=O) groups excluding carboxylic acids is 4. The lowest BCUT2D eigenvalue weighted by molar-refractivity contribution is -0.00680. The van der Waals surface area contributed by atoms with E-state index in [9.17, 15) is 19.2 Å². The molecule has 166 valence electrons. The molecule has 3 aromatic rings. The molecule has 0 N–H and O–H groups in total. The van der Waals surface area contributed by atoms with Crippen LogP contribution in [-0.2, 0) is 0 Å². The van der Waals surface area contributed by atoms with Crippen molar-refractivity contribution >= 4 is 46.7 Å². The molecule has 1 heterocycles. The summed E-state index contributed by atoms with van der Waals surface area (Å²) in [7, 11) is 0. The van der Waals surface area contributed by atoms with Gasteiger partial charge in [0.25, 0.3) is 17.7 Å². The van der Waals surface area contributed by atoms with Gasteiger partial charge in [-0.2, -0.15) is 5.01 Å². The smallest absolute Gasteiger partial charge is 0.280 e. The lowest BCUT2D eigenvalue weighted by Gasteiger charge is -2.34. The number of carbonyl (C=O) groups is 4. The van der Waals surface area contributed by atoms with Gasteiger partial charge in [0.05, 0.1) is 21.7 Å². The van der Waals surface area contributed by atoms with E-state index >= 15 is 0 Å². The van der Waals surface area contributed by atoms with Gasteiger partial charge >= 0.3 is 0 Å². The van der Waals surface area contributed by atoms with E-state index in [1.54, 1.807) is 36.4 Å². The van der Waals surface area contributed by atoms with Gasteiger partial charge in [0.1, 0.15) is 6.04 Å². The molecular formula is C25H18Cl2N2O4. The maximum atomic E-state index is 13.6. The van der Waals surface area contributed by atoms with E-state index < -0.39 is 29.5 Å². The summed E-state index contributed by atoms with van der Waals surface area (Å²) < 4.78 is 0. The molecule has 0 fully saturated rings. The molecule has 33 heavy (non-hydrogen) atoms. The van der Waals surface area contributed by atoms with Gasteiger partial charge in [0, 0.05) is 10.6 Å². The molecule has 0 aliphatic carbocycles. The van der Waals surface area contributed by atoms with Gasteiger partial charge in [0.15, 0.2) is 5.78 Å². The van der Waals surface area contributed by atoms with E-state index in [1.165, 1.54) is 37.3 Å². The van der Waals surface area contributed by atoms with Gasteiger partial charge in [-0.15, -0.1) is 0 Å². The summed E-state index contributed by atoms with van der Waals surface area (Å²) in [4.78, 5) is 53.3. The van der Waals surface area contributed by atoms with Crippen LogP contribution in [0.25, 0.3) is 0 Å². The SMILES string of the molecule is Cc1ccc(C(=O)[C@H](C)N(C(=O)c2ccc(Cl)cc2Cl)N2C(=O)c3ccccc3C2=O)cc1. The quantitative estimate of drug-likeness (QED) is 0.370. The molecule has 0 spiro atoms. The number of benzene rings is 3. The van der Waals surface area contributed by atoms with Crippen molar-refractivity contribution in [2.75, 3.05) is 0 Å². The Kier molecular flexibility index (Phi) is 6.06. The van der Waals surface area contributed by atoms with Crippen molar-refractivity contribution in [1.29, 1.82) is 0 Å². The Bertz CT molecular complexity index is 1270. The summed E-state index contributed by atoms with van der Waals surface area (Å²) in [6.45, 7) is 3.35. The Morgan fingerprint density at radius 1 is 0.879 bits per heavy atom. The number of nitrogens with zero attached hydrogens (tertiary/aromatic N) is 2. The molecule has 1 aliphatic heterocycles. The van der Waals surface area contributed by atoms with Gasteiger partial charge in [-0.1, -0.05) is 65.2 Å². The molecular weight excluding hydrogens is 463 g/mol. The number of amides is 3. The molecule has 0 bridgehead atoms. The zero-order valence-corrected chi connectivity index (χ0v) is 19.2. The van der Waals surface area contributed by atoms with Crippen LogP contribution in [0.5, 0.6) is 0 Å². The van der Waals surface area contributed by atoms with Crippen molar-refractivity contribution in [2.24, 2.45) is 0 Å². The molecule has 0 saturated heterocycles. The number of aryl methyl sites for hydroxylation is 1. The maximum Gasteiger partial charge on any atom is 0.280 e. The Morgan fingerprint density at radius 3 is 2.00 bits per heavy atom. The second-order valence-corrected chi connectivity index (χ2v) is 8.49. The summed E-state index contributed by atoms with van der Waals surface area (Å²) in [5, 5.41) is 1.94. The lowest BCUT2D eigenvalue weighted by Crippen LogP contribution is -2.56. The maximum absolute atomic E-state index is 13.6. The highest BCUT2D eigenvalue weighted by Gasteiger charge is 2.45. The number of fused-ring (bicyclic) bond motifs is 1. The molecule has 1 atom stereocenters. The van der Waals surface area contributed by atoms with Crippen molar-refractivity contribution in [3.63, 3.8) is 0 Å². The summed E-state index contributed by atoms with van der Waals surface area (Å²) in [6.07, 6.45) is 0. The van der Waals surface area contributed by atoms with E-state index in [-0.39, 0.29) is 21.7 Å². The largest absolute Gasteiger partial charge is 0.292 e. The average molecular weight is 481 g/mol. The highest BCUT2D eigenvalue weighted by atomic mass is 35.5. The Hall–Kier alpha value is -3.48. The first-order valence-electron chi connectivity index (χ1n) is 10.1. The molecule has 0 aromatic heterocycles. The number of Topliss-reactive ketones (excluding diaryl/α,β-unsaturated/α-hetero) is 1. The molecule has 0 radical (unpaired) electrons. The Balaban J connectivity index is 1.81. The van der Waals surface area contributed by atoms with Crippen LogP contribution in [0.3, 0.4) is 0 Å². The van der Waals surface area contributed by atoms with Crippen molar-refractivity contribution in [3.8, 4) is 0 Å². The van der Waals surface area contributed by atoms with Gasteiger partial charge in [-0.05, 0) is 44.2 Å². The Morgan fingerprint density at radius 2 is 1.45 bits per heavy atom. The van der Waals surface area contributed by atoms with E-state index in [4.69, 9.17) is 23.2 Å². The number of hydrogen-bond donors (Lipinski definition) is 0. The van der Waals surface area contributed by atoms with Crippen LogP contribution in [-0.4, -0.2) is 39.6 Å². The third kappa shape index (κ3) is 4.03. The fourth-order valence-corrected chi connectivity index (χ4v) is 4.16. The van der Waals surface area contributed by atoms with Gasteiger partial charge < -0.3 is 0 Å². The standard InChI is InChI=1S/C25H18Cl2N2O4/c1-14-7-9-16(10-8-14)22(30)15(2)28(25(33)20-12-11-17(26)13-21(20)27)29-23(31)18-5-3-4-6-19(18)24(29)32/h3-13,15H,1-2H3/t15-/m0/s1. The van der Waals surface area contributed by atoms with Crippen LogP contribution >= 0.6 is 23.2 Å². The minimum absolute atomic E-state index is 0.00109. The predicted octanol–water partition coefficient (Wildman–Crippen LogP) is 5.23. The topological polar surface area (TPSA) is 74.8 Å². The van der Waals surface area contributed by atoms with Crippen molar-refractivity contribution < 1.29 is 19.2 Å². The number of rotatable bonds is 5. The second-order valence-electron chi connectivity index (χ2n) is 7.65. The van der Waals surface area contributed by atoms with E-state index in [0.29, 0.717) is 15.6 Å². The minimum Gasteiger partial charge on any atom is -0.292 e. The van der Waals surface area contributed by atoms with Crippen molar-refractivity contribution in [3.05, 3.63) is 105 Å². The summed E-state index contributed by atoms with van der Waals surface area (Å²) in [5.41, 5.74) is 1.60. The normalized spacial score (nSPS) is 13.6.